The molecule has 7 atom stereocenters. The summed E-state index contributed by atoms with van der Waals surface area (Å²) in [7, 11) is 0. The minimum Gasteiger partial charge on any atom is -0.100 e. The minimum absolute atomic E-state index is 0.217. The molecule has 0 nitrogen and oxygen atoms in total. The van der Waals surface area contributed by atoms with Crippen LogP contribution >= 0.6 is 0 Å². The molecule has 0 heterocycles. The predicted molar refractivity (Wildman–Crippen MR) is 156 cm³/mol. The lowest BCUT2D eigenvalue weighted by Crippen LogP contribution is -2.41. The highest BCUT2D eigenvalue weighted by molar-refractivity contribution is 5.51. The Bertz CT molecular complexity index is 1190. The van der Waals surface area contributed by atoms with Crippen LogP contribution in [0, 0.1) is 23.7 Å². The Morgan fingerprint density at radius 3 is 2.50 bits per heavy atom. The first kappa shape index (κ1) is 25.3. The molecule has 0 aliphatic heterocycles. The maximum atomic E-state index is 4.87. The molecule has 36 heavy (non-hydrogen) atoms. The first-order valence-electron chi connectivity index (χ1n) is 14.4. The molecule has 3 aliphatic carbocycles. The molecule has 0 aromatic heterocycles. The van der Waals surface area contributed by atoms with E-state index in [-0.39, 0.29) is 5.41 Å². The van der Waals surface area contributed by atoms with Crippen LogP contribution in [0.3, 0.4) is 0 Å². The monoisotopic (exact) mass is 478 g/mol. The lowest BCUT2D eigenvalue weighted by molar-refractivity contribution is 0.140. The molecule has 5 rings (SSSR count). The fourth-order valence-corrected chi connectivity index (χ4v) is 8.67. The van der Waals surface area contributed by atoms with Crippen molar-refractivity contribution in [2.75, 3.05) is 0 Å². The van der Waals surface area contributed by atoms with E-state index in [2.05, 4.69) is 90.2 Å². The van der Waals surface area contributed by atoms with Crippen LogP contribution in [0.1, 0.15) is 100.0 Å². The summed E-state index contributed by atoms with van der Waals surface area (Å²) in [4.78, 5) is 0. The maximum Gasteiger partial charge on any atom is 0.000178 e. The topological polar surface area (TPSA) is 0 Å². The molecule has 5 unspecified atom stereocenters. The largest absolute Gasteiger partial charge is 0.100 e. The Morgan fingerprint density at radius 1 is 1.06 bits per heavy atom. The standard InChI is InChI=1S/C36H46/c1-9-23(5)35-34-30-13-11-12-14-32(30)36(35,8)21-29-20-31(25(7)33(29)34)24(6)28-18-17-27(16-15-22(3)4)26(10-2)19-28/h11-14,17-19,24,29,31,33-35H,3,5,7,9-10,15-16,20-21H2,1-2,4,6,8H3/t24-,29?,31+,33?,34?,35?,36?/m1/s1. The first-order valence-corrected chi connectivity index (χ1v) is 14.4. The van der Waals surface area contributed by atoms with Gasteiger partial charge >= 0.3 is 0 Å². The van der Waals surface area contributed by atoms with Crippen molar-refractivity contribution in [2.24, 2.45) is 23.7 Å². The maximum absolute atomic E-state index is 4.87. The number of rotatable bonds is 8. The molecule has 190 valence electrons. The molecule has 2 bridgehead atoms. The van der Waals surface area contributed by atoms with E-state index in [1.807, 2.05) is 0 Å². The van der Waals surface area contributed by atoms with Gasteiger partial charge in [0.25, 0.3) is 0 Å². The highest BCUT2D eigenvalue weighted by atomic mass is 14.6. The van der Waals surface area contributed by atoms with Gasteiger partial charge in [-0.25, -0.2) is 0 Å². The van der Waals surface area contributed by atoms with E-state index in [4.69, 9.17) is 6.58 Å². The fraction of sp³-hybridized carbons (Fsp3) is 0.500. The summed E-state index contributed by atoms with van der Waals surface area (Å²) in [6.07, 6.45) is 6.92. The lowest BCUT2D eigenvalue weighted by Gasteiger charge is -2.46. The summed E-state index contributed by atoms with van der Waals surface area (Å²) in [5, 5.41) is 0. The van der Waals surface area contributed by atoms with Crippen LogP contribution in [0.25, 0.3) is 0 Å². The third-order valence-corrected chi connectivity index (χ3v) is 10.5. The molecule has 0 radical (unpaired) electrons. The van der Waals surface area contributed by atoms with E-state index in [1.54, 1.807) is 11.1 Å². The summed E-state index contributed by atoms with van der Waals surface area (Å²) in [5.74, 6) is 3.50. The molecule has 0 N–H and O–H groups in total. The highest BCUT2D eigenvalue weighted by Crippen LogP contribution is 2.69. The average Bonchev–Trinajstić information content (AvgIpc) is 3.29. The summed E-state index contributed by atoms with van der Waals surface area (Å²) in [5.41, 5.74) is 12.2. The van der Waals surface area contributed by atoms with Gasteiger partial charge in [0, 0.05) is 5.41 Å². The zero-order valence-corrected chi connectivity index (χ0v) is 23.4. The van der Waals surface area contributed by atoms with E-state index >= 15 is 0 Å². The molecule has 3 aliphatic rings. The molecule has 0 heteroatoms. The fourth-order valence-electron chi connectivity index (χ4n) is 8.67. The lowest BCUT2D eigenvalue weighted by atomic mass is 9.57. The van der Waals surface area contributed by atoms with Gasteiger partial charge in [0.2, 0.25) is 0 Å². The summed E-state index contributed by atoms with van der Waals surface area (Å²) < 4.78 is 0. The second-order valence-electron chi connectivity index (χ2n) is 12.6. The van der Waals surface area contributed by atoms with Gasteiger partial charge in [-0.2, -0.15) is 0 Å². The Kier molecular flexibility index (Phi) is 6.69. The van der Waals surface area contributed by atoms with Crippen molar-refractivity contribution in [3.63, 3.8) is 0 Å². The first-order chi connectivity index (χ1) is 17.2. The van der Waals surface area contributed by atoms with Crippen LogP contribution in [-0.4, -0.2) is 0 Å². The SMILES string of the molecule is C=C(C)CCc1ccc([C@@H](C)[C@@H]2CC3CC4(C)c5ccccc5C(C3C2=C)C4C(=C)CC)cc1CC. The minimum atomic E-state index is 0.217. The van der Waals surface area contributed by atoms with Crippen molar-refractivity contribution in [2.45, 2.75) is 90.4 Å². The Morgan fingerprint density at radius 2 is 1.81 bits per heavy atom. The van der Waals surface area contributed by atoms with Crippen molar-refractivity contribution in [3.8, 4) is 0 Å². The number of fused-ring (bicyclic) bond motifs is 7. The zero-order chi connectivity index (χ0) is 25.8. The molecule has 0 spiro atoms. The third kappa shape index (κ3) is 3.87. The van der Waals surface area contributed by atoms with Crippen LogP contribution in [0.2, 0.25) is 0 Å². The van der Waals surface area contributed by atoms with Crippen LogP contribution in [-0.2, 0) is 18.3 Å². The van der Waals surface area contributed by atoms with E-state index < -0.39 is 0 Å². The predicted octanol–water partition coefficient (Wildman–Crippen LogP) is 9.71. The van der Waals surface area contributed by atoms with Gasteiger partial charge in [-0.3, -0.25) is 0 Å². The van der Waals surface area contributed by atoms with Gasteiger partial charge in [-0.05, 0) is 109 Å². The zero-order valence-electron chi connectivity index (χ0n) is 23.4. The van der Waals surface area contributed by atoms with Crippen LogP contribution in [0.15, 0.2) is 78.9 Å². The normalized spacial score (nSPS) is 31.1. The van der Waals surface area contributed by atoms with Crippen molar-refractivity contribution >= 4 is 0 Å². The molecule has 2 saturated carbocycles. The molecular weight excluding hydrogens is 432 g/mol. The van der Waals surface area contributed by atoms with Gasteiger partial charge < -0.3 is 0 Å². The van der Waals surface area contributed by atoms with Gasteiger partial charge in [-0.15, -0.1) is 6.58 Å². The molecule has 2 fully saturated rings. The van der Waals surface area contributed by atoms with Gasteiger partial charge in [0.15, 0.2) is 0 Å². The number of aryl methyl sites for hydroxylation is 2. The highest BCUT2D eigenvalue weighted by Gasteiger charge is 2.61. The number of benzene rings is 2. The van der Waals surface area contributed by atoms with E-state index in [0.29, 0.717) is 29.6 Å². The summed E-state index contributed by atoms with van der Waals surface area (Å²) >= 11 is 0. The van der Waals surface area contributed by atoms with Crippen molar-refractivity contribution in [1.82, 2.24) is 0 Å². The molecule has 0 saturated heterocycles. The van der Waals surface area contributed by atoms with E-state index in [0.717, 1.165) is 31.6 Å². The smallest absolute Gasteiger partial charge is 0.000178 e. The van der Waals surface area contributed by atoms with Crippen LogP contribution in [0.4, 0.5) is 0 Å². The second kappa shape index (κ2) is 9.51. The van der Waals surface area contributed by atoms with Crippen LogP contribution in [0.5, 0.6) is 0 Å². The van der Waals surface area contributed by atoms with Crippen LogP contribution < -0.4 is 0 Å². The van der Waals surface area contributed by atoms with E-state index in [1.165, 1.54) is 46.3 Å². The Hall–Kier alpha value is -2.34. The Balaban J connectivity index is 1.46. The van der Waals surface area contributed by atoms with Crippen molar-refractivity contribution < 1.29 is 0 Å². The Labute approximate surface area is 220 Å². The van der Waals surface area contributed by atoms with Crippen molar-refractivity contribution in [3.05, 3.63) is 107 Å². The van der Waals surface area contributed by atoms with Gasteiger partial charge in [-0.1, -0.05) is 100 Å². The number of allylic oxidation sites excluding steroid dienone is 3. The molecule has 2 aromatic rings. The summed E-state index contributed by atoms with van der Waals surface area (Å²) in [6, 6.07) is 16.7. The summed E-state index contributed by atoms with van der Waals surface area (Å²) in [6.45, 7) is 25.3. The second-order valence-corrected chi connectivity index (χ2v) is 12.6. The quantitative estimate of drug-likeness (QED) is 0.331. The molecule has 0 amide bonds. The van der Waals surface area contributed by atoms with E-state index in [9.17, 15) is 0 Å². The van der Waals surface area contributed by atoms with Gasteiger partial charge in [0.1, 0.15) is 0 Å². The van der Waals surface area contributed by atoms with Crippen molar-refractivity contribution in [1.29, 1.82) is 0 Å². The molecular formula is C36H46. The number of hydrogen-bond donors (Lipinski definition) is 0. The molecule has 2 aromatic carbocycles. The number of hydrogen-bond acceptors (Lipinski definition) is 0. The average molecular weight is 479 g/mol. The van der Waals surface area contributed by atoms with Gasteiger partial charge in [0.05, 0.1) is 0 Å². The third-order valence-electron chi connectivity index (χ3n) is 10.5.